The lowest BCUT2D eigenvalue weighted by molar-refractivity contribution is 0.0629. The fourth-order valence-corrected chi connectivity index (χ4v) is 4.26. The van der Waals surface area contributed by atoms with Gasteiger partial charge in [-0.25, -0.2) is 0 Å². The molecule has 0 N–H and O–H groups in total. The van der Waals surface area contributed by atoms with E-state index in [9.17, 15) is 19.2 Å². The zero-order chi connectivity index (χ0) is 23.5. The molecule has 0 fully saturated rings. The summed E-state index contributed by atoms with van der Waals surface area (Å²) >= 11 is 0. The molecular weight excluding hydrogens is 420 g/mol. The van der Waals surface area contributed by atoms with E-state index in [0.29, 0.717) is 48.4 Å². The Labute approximate surface area is 193 Å². The normalized spacial score (nSPS) is 15.3. The van der Waals surface area contributed by atoms with Crippen molar-refractivity contribution >= 4 is 23.6 Å². The van der Waals surface area contributed by atoms with Gasteiger partial charge in [0.2, 0.25) is 0 Å². The van der Waals surface area contributed by atoms with Crippen LogP contribution < -0.4 is 0 Å². The van der Waals surface area contributed by atoms with Gasteiger partial charge in [-0.2, -0.15) is 0 Å². The largest absolute Gasteiger partial charge is 0.305 e. The maximum absolute atomic E-state index is 12.5. The van der Waals surface area contributed by atoms with E-state index in [1.165, 1.54) is 9.80 Å². The van der Waals surface area contributed by atoms with Crippen LogP contribution in [-0.2, 0) is 0 Å². The van der Waals surface area contributed by atoms with Crippen molar-refractivity contribution in [2.24, 2.45) is 0 Å². The summed E-state index contributed by atoms with van der Waals surface area (Å²) in [6.07, 6.45) is 0.886. The van der Waals surface area contributed by atoms with Crippen molar-refractivity contribution in [1.82, 2.24) is 19.6 Å². The summed E-state index contributed by atoms with van der Waals surface area (Å²) in [5, 5.41) is 0. The number of carbonyl (C=O) groups is 4. The van der Waals surface area contributed by atoms with Crippen molar-refractivity contribution in [2.45, 2.75) is 6.42 Å². The van der Waals surface area contributed by atoms with Crippen molar-refractivity contribution in [3.63, 3.8) is 0 Å². The van der Waals surface area contributed by atoms with Gasteiger partial charge in [0.15, 0.2) is 0 Å². The van der Waals surface area contributed by atoms with E-state index >= 15 is 0 Å². The van der Waals surface area contributed by atoms with Gasteiger partial charge in [-0.15, -0.1) is 0 Å². The van der Waals surface area contributed by atoms with Crippen molar-refractivity contribution < 1.29 is 19.2 Å². The molecule has 2 aliphatic rings. The van der Waals surface area contributed by atoms with Crippen LogP contribution in [0.15, 0.2) is 48.5 Å². The second kappa shape index (κ2) is 9.64. The minimum absolute atomic E-state index is 0.225. The Morgan fingerprint density at radius 1 is 0.545 bits per heavy atom. The van der Waals surface area contributed by atoms with Gasteiger partial charge in [-0.05, 0) is 57.9 Å². The van der Waals surface area contributed by atoms with E-state index in [-0.39, 0.29) is 23.6 Å². The van der Waals surface area contributed by atoms with Gasteiger partial charge in [0, 0.05) is 26.2 Å². The number of nitrogens with zero attached hydrogens (tertiary/aromatic N) is 4. The van der Waals surface area contributed by atoms with E-state index in [1.54, 1.807) is 48.5 Å². The number of hydrogen-bond acceptors (Lipinski definition) is 6. The molecule has 0 unspecified atom stereocenters. The van der Waals surface area contributed by atoms with E-state index < -0.39 is 0 Å². The van der Waals surface area contributed by atoms with Gasteiger partial charge >= 0.3 is 0 Å². The van der Waals surface area contributed by atoms with Crippen LogP contribution >= 0.6 is 0 Å². The van der Waals surface area contributed by atoms with Crippen molar-refractivity contribution in [2.75, 3.05) is 53.4 Å². The van der Waals surface area contributed by atoms with Crippen LogP contribution in [0.4, 0.5) is 0 Å². The summed E-state index contributed by atoms with van der Waals surface area (Å²) in [6, 6.07) is 13.8. The fraction of sp³-hybridized carbons (Fsp3) is 0.360. The standard InChI is InChI=1S/C25H28N4O4/c1-26(14-16-28-22(30)18-8-3-4-9-19(18)23(28)31)12-7-13-27(2)15-17-29-24(32)20-10-5-6-11-21(20)25(29)33/h3-6,8-11H,7,12-17H2,1-2H3. The average molecular weight is 449 g/mol. The number of hydrogen-bond donors (Lipinski definition) is 0. The molecular formula is C25H28N4O4. The molecule has 2 aliphatic heterocycles. The number of likely N-dealkylation sites (N-methyl/N-ethyl adjacent to an activating group) is 2. The molecule has 4 rings (SSSR count). The fourth-order valence-electron chi connectivity index (χ4n) is 4.26. The molecule has 0 radical (unpaired) electrons. The molecule has 0 aliphatic carbocycles. The highest BCUT2D eigenvalue weighted by atomic mass is 16.2. The second-order valence-corrected chi connectivity index (χ2v) is 8.58. The molecule has 2 aromatic rings. The van der Waals surface area contributed by atoms with Gasteiger partial charge in [0.1, 0.15) is 0 Å². The van der Waals surface area contributed by atoms with Gasteiger partial charge < -0.3 is 9.80 Å². The maximum atomic E-state index is 12.5. The Bertz CT molecular complexity index is 944. The Morgan fingerprint density at radius 2 is 0.848 bits per heavy atom. The summed E-state index contributed by atoms with van der Waals surface area (Å²) in [5.41, 5.74) is 1.91. The third kappa shape index (κ3) is 4.58. The third-order valence-electron chi connectivity index (χ3n) is 6.25. The summed E-state index contributed by atoms with van der Waals surface area (Å²) in [6.45, 7) is 3.53. The zero-order valence-electron chi connectivity index (χ0n) is 19.0. The van der Waals surface area contributed by atoms with Gasteiger partial charge in [0.25, 0.3) is 23.6 Å². The van der Waals surface area contributed by atoms with E-state index in [1.807, 2.05) is 14.1 Å². The van der Waals surface area contributed by atoms with Crippen molar-refractivity contribution in [3.8, 4) is 0 Å². The van der Waals surface area contributed by atoms with E-state index in [2.05, 4.69) is 9.80 Å². The van der Waals surface area contributed by atoms with Crippen LogP contribution in [0.5, 0.6) is 0 Å². The Balaban J connectivity index is 1.16. The Hall–Kier alpha value is -3.36. The van der Waals surface area contributed by atoms with E-state index in [4.69, 9.17) is 0 Å². The first-order valence-corrected chi connectivity index (χ1v) is 11.2. The lowest BCUT2D eigenvalue weighted by Crippen LogP contribution is -2.39. The van der Waals surface area contributed by atoms with Crippen LogP contribution in [0.25, 0.3) is 0 Å². The average Bonchev–Trinajstić information content (AvgIpc) is 3.21. The minimum atomic E-state index is -0.225. The van der Waals surface area contributed by atoms with Crippen molar-refractivity contribution in [3.05, 3.63) is 70.8 Å². The monoisotopic (exact) mass is 448 g/mol. The first-order valence-electron chi connectivity index (χ1n) is 11.2. The predicted molar refractivity (Wildman–Crippen MR) is 123 cm³/mol. The molecule has 4 amide bonds. The first-order chi connectivity index (χ1) is 15.9. The van der Waals surface area contributed by atoms with Crippen LogP contribution in [0.1, 0.15) is 47.9 Å². The number of fused-ring (bicyclic) bond motifs is 2. The molecule has 172 valence electrons. The molecule has 2 aromatic carbocycles. The number of imide groups is 2. The predicted octanol–water partition coefficient (Wildman–Crippen LogP) is 1.83. The van der Waals surface area contributed by atoms with E-state index in [0.717, 1.165) is 19.5 Å². The van der Waals surface area contributed by atoms with Gasteiger partial charge in [0.05, 0.1) is 22.3 Å². The van der Waals surface area contributed by atoms with Crippen LogP contribution in [0.3, 0.4) is 0 Å². The van der Waals surface area contributed by atoms with Crippen LogP contribution in [0, 0.1) is 0 Å². The maximum Gasteiger partial charge on any atom is 0.261 e. The van der Waals surface area contributed by atoms with Crippen LogP contribution in [0.2, 0.25) is 0 Å². The Morgan fingerprint density at radius 3 is 1.15 bits per heavy atom. The van der Waals surface area contributed by atoms with Gasteiger partial charge in [-0.1, -0.05) is 24.3 Å². The summed E-state index contributed by atoms with van der Waals surface area (Å²) in [5.74, 6) is -0.900. The lowest BCUT2D eigenvalue weighted by atomic mass is 10.1. The molecule has 8 heteroatoms. The highest BCUT2D eigenvalue weighted by Crippen LogP contribution is 2.23. The van der Waals surface area contributed by atoms with Crippen LogP contribution in [-0.4, -0.2) is 96.6 Å². The quantitative estimate of drug-likeness (QED) is 0.516. The zero-order valence-corrected chi connectivity index (χ0v) is 19.0. The first kappa shape index (κ1) is 22.8. The summed E-state index contributed by atoms with van der Waals surface area (Å²) < 4.78 is 0. The number of amides is 4. The summed E-state index contributed by atoms with van der Waals surface area (Å²) in [4.78, 5) is 56.6. The van der Waals surface area contributed by atoms with Gasteiger partial charge in [-0.3, -0.25) is 29.0 Å². The number of benzene rings is 2. The topological polar surface area (TPSA) is 81.2 Å². The second-order valence-electron chi connectivity index (χ2n) is 8.58. The third-order valence-corrected chi connectivity index (χ3v) is 6.25. The molecule has 8 nitrogen and oxygen atoms in total. The molecule has 0 saturated carbocycles. The minimum Gasteiger partial charge on any atom is -0.305 e. The lowest BCUT2D eigenvalue weighted by Gasteiger charge is -2.23. The number of rotatable bonds is 10. The SMILES string of the molecule is CN(CCCN(C)CCN1C(=O)c2ccccc2C1=O)CCN1C(=O)c2ccccc2C1=O. The molecule has 0 saturated heterocycles. The van der Waals surface area contributed by atoms with Crippen molar-refractivity contribution in [1.29, 1.82) is 0 Å². The smallest absolute Gasteiger partial charge is 0.261 e. The highest BCUT2D eigenvalue weighted by molar-refractivity contribution is 6.22. The Kier molecular flexibility index (Phi) is 6.67. The molecule has 0 bridgehead atoms. The number of carbonyl (C=O) groups excluding carboxylic acids is 4. The molecule has 0 spiro atoms. The molecule has 0 atom stereocenters. The molecule has 33 heavy (non-hydrogen) atoms. The summed E-state index contributed by atoms with van der Waals surface area (Å²) in [7, 11) is 3.94. The molecule has 0 aromatic heterocycles. The molecule has 2 heterocycles. The highest BCUT2D eigenvalue weighted by Gasteiger charge is 2.35.